The van der Waals surface area contributed by atoms with Crippen LogP contribution in [0.3, 0.4) is 0 Å². The normalized spacial score (nSPS) is 12.1. The second-order valence-electron chi connectivity index (χ2n) is 2.17. The summed E-state index contributed by atoms with van der Waals surface area (Å²) in [6.45, 7) is 0. The van der Waals surface area contributed by atoms with E-state index in [1.54, 1.807) is 0 Å². The van der Waals surface area contributed by atoms with Crippen LogP contribution in [0.15, 0.2) is 18.2 Å². The van der Waals surface area contributed by atoms with Crippen molar-refractivity contribution in [2.75, 3.05) is 0 Å². The Morgan fingerprint density at radius 1 is 1.57 bits per heavy atom. The molecule has 0 saturated heterocycles. The van der Waals surface area contributed by atoms with Crippen molar-refractivity contribution in [1.29, 1.82) is 0 Å². The predicted molar refractivity (Wildman–Crippen MR) is 49.5 cm³/mol. The Kier molecular flexibility index (Phi) is 3.39. The maximum atomic E-state index is 10.4. The van der Waals surface area contributed by atoms with Crippen LogP contribution in [0, 0.1) is 10.1 Å². The maximum absolute atomic E-state index is 10.4. The molecule has 0 heterocycles. The molecule has 0 aliphatic rings. The van der Waals surface area contributed by atoms with Gasteiger partial charge in [-0.05, 0) is 12.1 Å². The summed E-state index contributed by atoms with van der Waals surface area (Å²) < 4.78 is 22.9. The van der Waals surface area contributed by atoms with Crippen LogP contribution in [0.5, 0.6) is 5.75 Å². The Bertz CT molecular complexity index is 396. The lowest BCUT2D eigenvalue weighted by atomic mass is 10.3. The number of nitrogens with zero attached hydrogens (tertiary/aromatic N) is 1. The molecule has 8 heteroatoms. The molecule has 0 saturated carbocycles. The summed E-state index contributed by atoms with van der Waals surface area (Å²) in [5, 5.41) is 10.3. The van der Waals surface area contributed by atoms with Crippen LogP contribution in [-0.2, 0) is 11.4 Å². The molecule has 0 fully saturated rings. The van der Waals surface area contributed by atoms with Crippen molar-refractivity contribution in [3.8, 4) is 5.75 Å². The van der Waals surface area contributed by atoms with E-state index in [0.29, 0.717) is 0 Å². The highest BCUT2D eigenvalue weighted by Crippen LogP contribution is 2.28. The quantitative estimate of drug-likeness (QED) is 0.491. The van der Waals surface area contributed by atoms with E-state index in [9.17, 15) is 14.3 Å². The lowest BCUT2D eigenvalue weighted by Gasteiger charge is -2.00. The topological polar surface area (TPSA) is 89.7 Å². The van der Waals surface area contributed by atoms with Crippen LogP contribution in [0.25, 0.3) is 0 Å². The van der Waals surface area contributed by atoms with E-state index in [2.05, 4.69) is 4.18 Å². The van der Waals surface area contributed by atoms with E-state index in [1.807, 2.05) is 0 Å². The Morgan fingerprint density at radius 3 is 2.71 bits per heavy atom. The first-order chi connectivity index (χ1) is 6.50. The van der Waals surface area contributed by atoms with Crippen molar-refractivity contribution < 1.29 is 17.9 Å². The van der Waals surface area contributed by atoms with Gasteiger partial charge in [-0.25, -0.2) is 0 Å². The van der Waals surface area contributed by atoms with E-state index in [4.69, 9.17) is 16.2 Å². The van der Waals surface area contributed by atoms with E-state index in [1.165, 1.54) is 12.1 Å². The van der Waals surface area contributed by atoms with Crippen LogP contribution >= 0.6 is 11.6 Å². The molecule has 76 valence electrons. The Labute approximate surface area is 86.1 Å². The molecule has 1 unspecified atom stereocenters. The molecule has 0 aliphatic carbocycles. The average Bonchev–Trinajstić information content (AvgIpc) is 2.07. The van der Waals surface area contributed by atoms with Crippen molar-refractivity contribution in [2.24, 2.45) is 0 Å². The largest absolute Gasteiger partial charge is 0.380 e. The van der Waals surface area contributed by atoms with Gasteiger partial charge in [0.05, 0.1) is 11.0 Å². The van der Waals surface area contributed by atoms with Crippen molar-refractivity contribution in [3.63, 3.8) is 0 Å². The number of nitro benzene ring substituents is 1. The Balaban J connectivity index is 3.06. The second-order valence-corrected chi connectivity index (χ2v) is 3.18. The summed E-state index contributed by atoms with van der Waals surface area (Å²) in [6.07, 6.45) is 0. The molecule has 0 spiro atoms. The molecule has 1 atom stereocenters. The number of nitro groups is 1. The van der Waals surface area contributed by atoms with E-state index < -0.39 is 16.3 Å². The molecule has 6 nitrogen and oxygen atoms in total. The number of hydrogen-bond donors (Lipinski definition) is 1. The standard InChI is InChI=1S/C6H4ClNO5S/c7-5-2-1-4(13-14(11)12)3-6(5)8(9)10/h1-3H,(H,11,12). The molecule has 14 heavy (non-hydrogen) atoms. The molecule has 0 aromatic heterocycles. The first kappa shape index (κ1) is 10.9. The predicted octanol–water partition coefficient (Wildman–Crippen LogP) is 1.76. The lowest BCUT2D eigenvalue weighted by Crippen LogP contribution is -1.98. The number of benzene rings is 1. The second kappa shape index (κ2) is 4.36. The fourth-order valence-corrected chi connectivity index (χ4v) is 1.22. The minimum atomic E-state index is -2.51. The van der Waals surface area contributed by atoms with Crippen LogP contribution in [0.1, 0.15) is 0 Å². The van der Waals surface area contributed by atoms with Crippen molar-refractivity contribution in [1.82, 2.24) is 0 Å². The van der Waals surface area contributed by atoms with E-state index in [0.717, 1.165) is 6.07 Å². The number of rotatable bonds is 3. The Morgan fingerprint density at radius 2 is 2.21 bits per heavy atom. The zero-order valence-corrected chi connectivity index (χ0v) is 8.12. The van der Waals surface area contributed by atoms with Crippen LogP contribution in [-0.4, -0.2) is 13.7 Å². The summed E-state index contributed by atoms with van der Waals surface area (Å²) in [7, 11) is 0. The van der Waals surface area contributed by atoms with Gasteiger partial charge in [0, 0.05) is 0 Å². The molecule has 1 N–H and O–H groups in total. The highest BCUT2D eigenvalue weighted by molar-refractivity contribution is 7.74. The highest BCUT2D eigenvalue weighted by Gasteiger charge is 2.14. The van der Waals surface area contributed by atoms with Crippen molar-refractivity contribution >= 4 is 28.6 Å². The van der Waals surface area contributed by atoms with E-state index in [-0.39, 0.29) is 16.5 Å². The monoisotopic (exact) mass is 237 g/mol. The lowest BCUT2D eigenvalue weighted by molar-refractivity contribution is -0.384. The average molecular weight is 238 g/mol. The molecular formula is C6H4ClNO5S. The van der Waals surface area contributed by atoms with E-state index >= 15 is 0 Å². The van der Waals surface area contributed by atoms with Crippen molar-refractivity contribution in [3.05, 3.63) is 33.3 Å². The van der Waals surface area contributed by atoms with Crippen LogP contribution < -0.4 is 4.18 Å². The van der Waals surface area contributed by atoms with Gasteiger partial charge in [0.1, 0.15) is 10.8 Å². The maximum Gasteiger partial charge on any atom is 0.357 e. The first-order valence-electron chi connectivity index (χ1n) is 3.24. The third-order valence-electron chi connectivity index (χ3n) is 1.28. The summed E-state index contributed by atoms with van der Waals surface area (Å²) >= 11 is 2.98. The molecule has 1 aromatic carbocycles. The minimum absolute atomic E-state index is 0.0638. The fourth-order valence-electron chi connectivity index (χ4n) is 0.767. The molecule has 0 amide bonds. The van der Waals surface area contributed by atoms with Crippen molar-refractivity contribution in [2.45, 2.75) is 0 Å². The highest BCUT2D eigenvalue weighted by atomic mass is 35.5. The van der Waals surface area contributed by atoms with Gasteiger partial charge in [0.2, 0.25) is 0 Å². The smallest absolute Gasteiger partial charge is 0.357 e. The summed E-state index contributed by atoms with van der Waals surface area (Å²) in [5.74, 6) is -0.0954. The van der Waals surface area contributed by atoms with Crippen LogP contribution in [0.2, 0.25) is 5.02 Å². The van der Waals surface area contributed by atoms with Gasteiger partial charge in [0.25, 0.3) is 5.69 Å². The van der Waals surface area contributed by atoms with Crippen LogP contribution in [0.4, 0.5) is 5.69 Å². The van der Waals surface area contributed by atoms with Gasteiger partial charge in [-0.3, -0.25) is 14.7 Å². The van der Waals surface area contributed by atoms with Gasteiger partial charge in [-0.2, -0.15) is 4.21 Å². The molecular weight excluding hydrogens is 234 g/mol. The first-order valence-corrected chi connectivity index (χ1v) is 4.65. The minimum Gasteiger partial charge on any atom is -0.380 e. The van der Waals surface area contributed by atoms with Gasteiger partial charge in [0.15, 0.2) is 0 Å². The fraction of sp³-hybridized carbons (Fsp3) is 0. The SMILES string of the molecule is O=[N+]([O-])c1cc(OS(=O)O)ccc1Cl. The van der Waals surface area contributed by atoms with Gasteiger partial charge >= 0.3 is 11.4 Å². The van der Waals surface area contributed by atoms with Gasteiger partial charge in [-0.15, -0.1) is 0 Å². The molecule has 1 aromatic rings. The molecule has 0 radical (unpaired) electrons. The Hall–Kier alpha value is -1.18. The zero-order valence-electron chi connectivity index (χ0n) is 6.55. The third kappa shape index (κ3) is 2.66. The summed E-state index contributed by atoms with van der Waals surface area (Å²) in [4.78, 5) is 9.67. The van der Waals surface area contributed by atoms with Gasteiger partial charge < -0.3 is 4.18 Å². The molecule has 0 bridgehead atoms. The number of halogens is 1. The zero-order chi connectivity index (χ0) is 10.7. The molecule has 1 rings (SSSR count). The van der Waals surface area contributed by atoms with Gasteiger partial charge in [-0.1, -0.05) is 11.6 Å². The summed E-state index contributed by atoms with van der Waals surface area (Å²) in [6, 6.07) is 3.43. The number of hydrogen-bond acceptors (Lipinski definition) is 4. The third-order valence-corrected chi connectivity index (χ3v) is 1.94. The summed E-state index contributed by atoms with van der Waals surface area (Å²) in [5.41, 5.74) is -0.380. The molecule has 0 aliphatic heterocycles.